The molecule has 2 aromatic carbocycles. The zero-order chi connectivity index (χ0) is 14.0. The van der Waals surface area contributed by atoms with E-state index in [0.29, 0.717) is 5.76 Å². The van der Waals surface area contributed by atoms with Gasteiger partial charge in [0.15, 0.2) is 0 Å². The summed E-state index contributed by atoms with van der Waals surface area (Å²) in [5.41, 5.74) is 1.65. The van der Waals surface area contributed by atoms with Crippen molar-refractivity contribution in [3.05, 3.63) is 77.9 Å². The normalized spacial score (nSPS) is 21.6. The zero-order valence-corrected chi connectivity index (χ0v) is 11.1. The fourth-order valence-corrected chi connectivity index (χ4v) is 2.19. The van der Waals surface area contributed by atoms with Crippen LogP contribution in [0, 0.1) is 0 Å². The molecular formula is C17H14O3. The molecule has 0 aromatic heterocycles. The number of cyclic esters (lactones) is 1. The molecular weight excluding hydrogens is 252 g/mol. The van der Waals surface area contributed by atoms with Crippen LogP contribution >= 0.6 is 0 Å². The van der Waals surface area contributed by atoms with Gasteiger partial charge in [-0.25, -0.2) is 4.79 Å². The van der Waals surface area contributed by atoms with E-state index >= 15 is 0 Å². The van der Waals surface area contributed by atoms with Gasteiger partial charge in [0.1, 0.15) is 5.76 Å². The largest absolute Gasteiger partial charge is 0.447 e. The van der Waals surface area contributed by atoms with E-state index in [1.54, 1.807) is 6.92 Å². The molecule has 0 N–H and O–H groups in total. The summed E-state index contributed by atoms with van der Waals surface area (Å²) in [6.07, 6.45) is 1.38. The van der Waals surface area contributed by atoms with Crippen LogP contribution < -0.4 is 0 Å². The van der Waals surface area contributed by atoms with Crippen molar-refractivity contribution in [1.82, 2.24) is 0 Å². The van der Waals surface area contributed by atoms with Gasteiger partial charge in [-0.05, 0) is 0 Å². The molecule has 0 unspecified atom stereocenters. The van der Waals surface area contributed by atoms with E-state index in [-0.39, 0.29) is 0 Å². The maximum absolute atomic E-state index is 11.9. The van der Waals surface area contributed by atoms with Gasteiger partial charge in [-0.15, -0.1) is 0 Å². The highest BCUT2D eigenvalue weighted by Gasteiger charge is 2.37. The molecule has 0 bridgehead atoms. The van der Waals surface area contributed by atoms with E-state index < -0.39 is 11.8 Å². The third-order valence-electron chi connectivity index (χ3n) is 3.21. The second kappa shape index (κ2) is 4.85. The first kappa shape index (κ1) is 12.5. The number of carbonyl (C=O) groups is 1. The quantitative estimate of drug-likeness (QED) is 0.781. The van der Waals surface area contributed by atoms with Crippen LogP contribution in [0.2, 0.25) is 0 Å². The van der Waals surface area contributed by atoms with Gasteiger partial charge in [-0.3, -0.25) is 0 Å². The molecule has 0 saturated carbocycles. The minimum absolute atomic E-state index is 0.401. The highest BCUT2D eigenvalue weighted by atomic mass is 16.7. The van der Waals surface area contributed by atoms with Crippen molar-refractivity contribution in [3.63, 3.8) is 0 Å². The standard InChI is InChI=1S/C17H14O3/c1-17(14-10-6-3-7-11-14)19-15(12-16(18)20-17)13-8-4-2-5-9-13/h2-12H,1H3/t17-/m0/s1. The summed E-state index contributed by atoms with van der Waals surface area (Å²) >= 11 is 0. The number of ether oxygens (including phenoxy) is 2. The summed E-state index contributed by atoms with van der Waals surface area (Å²) in [7, 11) is 0. The number of carbonyl (C=O) groups excluding carboxylic acids is 1. The molecule has 100 valence electrons. The van der Waals surface area contributed by atoms with Gasteiger partial charge < -0.3 is 9.47 Å². The molecule has 3 heteroatoms. The Labute approximate surface area is 117 Å². The van der Waals surface area contributed by atoms with Crippen molar-refractivity contribution in [2.24, 2.45) is 0 Å². The van der Waals surface area contributed by atoms with Crippen LogP contribution in [0.25, 0.3) is 5.76 Å². The van der Waals surface area contributed by atoms with Crippen molar-refractivity contribution in [3.8, 4) is 0 Å². The van der Waals surface area contributed by atoms with Crippen molar-refractivity contribution in [1.29, 1.82) is 0 Å². The van der Waals surface area contributed by atoms with E-state index in [2.05, 4.69) is 0 Å². The van der Waals surface area contributed by atoms with Gasteiger partial charge in [-0.1, -0.05) is 60.7 Å². The second-order valence-corrected chi connectivity index (χ2v) is 4.71. The van der Waals surface area contributed by atoms with Gasteiger partial charge in [-0.2, -0.15) is 0 Å². The Morgan fingerprint density at radius 2 is 1.45 bits per heavy atom. The molecule has 3 rings (SSSR count). The van der Waals surface area contributed by atoms with E-state index in [9.17, 15) is 4.79 Å². The van der Waals surface area contributed by atoms with E-state index in [1.807, 2.05) is 60.7 Å². The lowest BCUT2D eigenvalue weighted by molar-refractivity contribution is -0.206. The SMILES string of the molecule is C[C@@]1(c2ccccc2)OC(=O)C=C(c2ccccc2)O1. The molecule has 3 nitrogen and oxygen atoms in total. The number of hydrogen-bond acceptors (Lipinski definition) is 3. The lowest BCUT2D eigenvalue weighted by atomic mass is 10.1. The smallest absolute Gasteiger partial charge is 0.338 e. The first-order chi connectivity index (χ1) is 9.67. The molecule has 0 aliphatic carbocycles. The number of esters is 1. The monoisotopic (exact) mass is 266 g/mol. The summed E-state index contributed by atoms with van der Waals surface area (Å²) in [6, 6.07) is 19.0. The highest BCUT2D eigenvalue weighted by Crippen LogP contribution is 2.36. The van der Waals surface area contributed by atoms with Gasteiger partial charge in [0.25, 0.3) is 5.79 Å². The van der Waals surface area contributed by atoms with Crippen molar-refractivity contribution in [2.75, 3.05) is 0 Å². The zero-order valence-electron chi connectivity index (χ0n) is 11.1. The van der Waals surface area contributed by atoms with Crippen LogP contribution in [0.4, 0.5) is 0 Å². The Kier molecular flexibility index (Phi) is 3.03. The molecule has 0 fully saturated rings. The molecule has 0 spiro atoms. The summed E-state index contributed by atoms with van der Waals surface area (Å²) < 4.78 is 11.3. The number of hydrogen-bond donors (Lipinski definition) is 0. The third kappa shape index (κ3) is 2.30. The topological polar surface area (TPSA) is 35.5 Å². The first-order valence-corrected chi connectivity index (χ1v) is 6.42. The second-order valence-electron chi connectivity index (χ2n) is 4.71. The molecule has 2 aromatic rings. The fraction of sp³-hybridized carbons (Fsp3) is 0.118. The van der Waals surface area contributed by atoms with Gasteiger partial charge >= 0.3 is 5.97 Å². The molecule has 1 aliphatic heterocycles. The third-order valence-corrected chi connectivity index (χ3v) is 3.21. The number of benzene rings is 2. The molecule has 1 heterocycles. The van der Waals surface area contributed by atoms with Crippen LogP contribution in [0.3, 0.4) is 0 Å². The van der Waals surface area contributed by atoms with Crippen molar-refractivity contribution in [2.45, 2.75) is 12.7 Å². The lowest BCUT2D eigenvalue weighted by Gasteiger charge is -2.34. The first-order valence-electron chi connectivity index (χ1n) is 6.42. The molecule has 0 radical (unpaired) electrons. The summed E-state index contributed by atoms with van der Waals surface area (Å²) in [6.45, 7) is 1.75. The van der Waals surface area contributed by atoms with E-state index in [1.165, 1.54) is 6.08 Å². The lowest BCUT2D eigenvalue weighted by Crippen LogP contribution is -2.34. The maximum atomic E-state index is 11.9. The van der Waals surface area contributed by atoms with Crippen LogP contribution in [-0.4, -0.2) is 5.97 Å². The van der Waals surface area contributed by atoms with Crippen LogP contribution in [0.5, 0.6) is 0 Å². The average Bonchev–Trinajstić information content (AvgIpc) is 2.48. The van der Waals surface area contributed by atoms with Gasteiger partial charge in [0.05, 0.1) is 6.08 Å². The molecule has 20 heavy (non-hydrogen) atoms. The van der Waals surface area contributed by atoms with Crippen LogP contribution in [0.15, 0.2) is 66.7 Å². The van der Waals surface area contributed by atoms with Crippen molar-refractivity contribution < 1.29 is 14.3 Å². The Morgan fingerprint density at radius 3 is 2.10 bits per heavy atom. The Balaban J connectivity index is 1.99. The molecule has 0 saturated heterocycles. The number of rotatable bonds is 2. The average molecular weight is 266 g/mol. The predicted molar refractivity (Wildman–Crippen MR) is 75.4 cm³/mol. The minimum atomic E-state index is -1.10. The molecule has 0 amide bonds. The van der Waals surface area contributed by atoms with Crippen molar-refractivity contribution >= 4 is 11.7 Å². The summed E-state index contributed by atoms with van der Waals surface area (Å²) in [5, 5.41) is 0. The molecule has 1 aliphatic rings. The minimum Gasteiger partial charge on any atom is -0.447 e. The fourth-order valence-electron chi connectivity index (χ4n) is 2.19. The van der Waals surface area contributed by atoms with Crippen LogP contribution in [0.1, 0.15) is 18.1 Å². The van der Waals surface area contributed by atoms with Gasteiger partial charge in [0, 0.05) is 18.1 Å². The molecule has 1 atom stereocenters. The van der Waals surface area contributed by atoms with E-state index in [0.717, 1.165) is 11.1 Å². The maximum Gasteiger partial charge on any atom is 0.338 e. The van der Waals surface area contributed by atoms with E-state index in [4.69, 9.17) is 9.47 Å². The summed E-state index contributed by atoms with van der Waals surface area (Å²) in [5.74, 6) is -0.979. The Morgan fingerprint density at radius 1 is 0.850 bits per heavy atom. The predicted octanol–water partition coefficient (Wildman–Crippen LogP) is 3.47. The van der Waals surface area contributed by atoms with Gasteiger partial charge in [0.2, 0.25) is 0 Å². The summed E-state index contributed by atoms with van der Waals surface area (Å²) in [4.78, 5) is 11.9. The highest BCUT2D eigenvalue weighted by molar-refractivity contribution is 5.91. The van der Waals surface area contributed by atoms with Crippen LogP contribution in [-0.2, 0) is 20.1 Å². The Bertz CT molecular complexity index is 646. The Hall–Kier alpha value is -2.55.